The van der Waals surface area contributed by atoms with Crippen molar-refractivity contribution >= 4 is 0 Å². The number of aromatic amines is 1. The van der Waals surface area contributed by atoms with Crippen molar-refractivity contribution in [3.05, 3.63) is 51.7 Å². The van der Waals surface area contributed by atoms with E-state index in [1.165, 1.54) is 0 Å². The van der Waals surface area contributed by atoms with Crippen LogP contribution in [0.5, 0.6) is 0 Å². The van der Waals surface area contributed by atoms with Crippen LogP contribution < -0.4 is 5.56 Å². The molecule has 0 amide bonds. The van der Waals surface area contributed by atoms with Crippen LogP contribution in [0.15, 0.2) is 23.5 Å². The third-order valence-corrected chi connectivity index (χ3v) is 5.76. The minimum absolute atomic E-state index is 0.0114. The molecule has 6 heteroatoms. The molecule has 1 fully saturated rings. The molecule has 0 aromatic carbocycles. The minimum Gasteiger partial charge on any atom is -0.310 e. The van der Waals surface area contributed by atoms with Crippen molar-refractivity contribution in [1.82, 2.24) is 24.8 Å². The summed E-state index contributed by atoms with van der Waals surface area (Å²) < 4.78 is 0. The van der Waals surface area contributed by atoms with Crippen molar-refractivity contribution in [2.75, 3.05) is 13.1 Å². The van der Waals surface area contributed by atoms with Gasteiger partial charge in [0.05, 0.1) is 5.69 Å². The van der Waals surface area contributed by atoms with Gasteiger partial charge in [0.25, 0.3) is 5.56 Å². The van der Waals surface area contributed by atoms with E-state index in [9.17, 15) is 4.79 Å². The molecular formula is C20H27N5O. The van der Waals surface area contributed by atoms with Gasteiger partial charge in [-0.15, -0.1) is 0 Å². The van der Waals surface area contributed by atoms with Gasteiger partial charge in [-0.2, -0.15) is 0 Å². The number of H-pyrrole nitrogens is 1. The standard InChI is InChI=1S/C20H27N5O/c1-19(2,3)18-23-16-15(17(26)24-18)5-7-20(16)6-4-8-25(12-20)11-14-9-21-13-22-10-14/h9-10,13H,4-8,11-12H2,1-3H3,(H,23,24,26). The second kappa shape index (κ2) is 6.27. The molecule has 1 aliphatic carbocycles. The number of rotatable bonds is 2. The second-order valence-electron chi connectivity index (χ2n) is 8.83. The van der Waals surface area contributed by atoms with Crippen LogP contribution in [0.1, 0.15) is 62.7 Å². The van der Waals surface area contributed by atoms with E-state index in [2.05, 4.69) is 40.6 Å². The van der Waals surface area contributed by atoms with Gasteiger partial charge in [-0.05, 0) is 32.2 Å². The fraction of sp³-hybridized carbons (Fsp3) is 0.600. The van der Waals surface area contributed by atoms with Gasteiger partial charge in [0.2, 0.25) is 0 Å². The van der Waals surface area contributed by atoms with Crippen molar-refractivity contribution in [3.8, 4) is 0 Å². The molecule has 1 saturated heterocycles. The highest BCUT2D eigenvalue weighted by molar-refractivity contribution is 5.34. The topological polar surface area (TPSA) is 74.8 Å². The van der Waals surface area contributed by atoms with Gasteiger partial charge in [0.15, 0.2) is 0 Å². The number of nitrogens with zero attached hydrogens (tertiary/aromatic N) is 4. The molecule has 2 aliphatic rings. The Hall–Kier alpha value is -2.08. The van der Waals surface area contributed by atoms with Gasteiger partial charge >= 0.3 is 0 Å². The summed E-state index contributed by atoms with van der Waals surface area (Å²) in [5, 5.41) is 0. The number of hydrogen-bond acceptors (Lipinski definition) is 5. The van der Waals surface area contributed by atoms with Crippen molar-refractivity contribution in [3.63, 3.8) is 0 Å². The summed E-state index contributed by atoms with van der Waals surface area (Å²) >= 11 is 0. The average Bonchev–Trinajstić information content (AvgIpc) is 2.94. The number of likely N-dealkylation sites (tertiary alicyclic amines) is 1. The zero-order valence-corrected chi connectivity index (χ0v) is 15.9. The van der Waals surface area contributed by atoms with E-state index in [1.54, 1.807) is 6.33 Å². The predicted molar refractivity (Wildman–Crippen MR) is 100 cm³/mol. The molecule has 4 rings (SSSR count). The van der Waals surface area contributed by atoms with Gasteiger partial charge in [0.1, 0.15) is 12.2 Å². The summed E-state index contributed by atoms with van der Waals surface area (Å²) in [5.74, 6) is 0.802. The largest absolute Gasteiger partial charge is 0.310 e. The average molecular weight is 353 g/mol. The Kier molecular flexibility index (Phi) is 4.18. The maximum atomic E-state index is 12.7. The maximum Gasteiger partial charge on any atom is 0.254 e. The lowest BCUT2D eigenvalue weighted by Gasteiger charge is -2.40. The fourth-order valence-corrected chi connectivity index (χ4v) is 4.44. The van der Waals surface area contributed by atoms with Crippen molar-refractivity contribution in [2.45, 2.75) is 63.8 Å². The van der Waals surface area contributed by atoms with Crippen LogP contribution in [-0.2, 0) is 23.8 Å². The number of hydrogen-bond donors (Lipinski definition) is 1. The van der Waals surface area contributed by atoms with E-state index >= 15 is 0 Å². The Bertz CT molecular complexity index is 855. The molecule has 26 heavy (non-hydrogen) atoms. The van der Waals surface area contributed by atoms with E-state index in [1.807, 2.05) is 12.4 Å². The normalized spacial score (nSPS) is 23.3. The summed E-state index contributed by atoms with van der Waals surface area (Å²) in [4.78, 5) is 31.4. The van der Waals surface area contributed by atoms with Gasteiger partial charge in [0, 0.05) is 47.4 Å². The first-order valence-electron chi connectivity index (χ1n) is 9.48. The molecule has 2 aromatic rings. The smallest absolute Gasteiger partial charge is 0.254 e. The van der Waals surface area contributed by atoms with E-state index < -0.39 is 0 Å². The number of nitrogens with one attached hydrogen (secondary N) is 1. The highest BCUT2D eigenvalue weighted by Crippen LogP contribution is 2.43. The van der Waals surface area contributed by atoms with Crippen LogP contribution >= 0.6 is 0 Å². The molecule has 1 atom stereocenters. The molecule has 1 unspecified atom stereocenters. The Morgan fingerprint density at radius 2 is 2.00 bits per heavy atom. The van der Waals surface area contributed by atoms with Crippen LogP contribution in [0.4, 0.5) is 0 Å². The monoisotopic (exact) mass is 353 g/mol. The second-order valence-corrected chi connectivity index (χ2v) is 8.83. The minimum atomic E-state index is -0.159. The summed E-state index contributed by atoms with van der Waals surface area (Å²) in [6.07, 6.45) is 9.44. The Balaban J connectivity index is 1.66. The Labute approximate surface area is 154 Å². The lowest BCUT2D eigenvalue weighted by Crippen LogP contribution is -2.45. The molecule has 2 aromatic heterocycles. The van der Waals surface area contributed by atoms with Crippen LogP contribution in [-0.4, -0.2) is 37.9 Å². The van der Waals surface area contributed by atoms with E-state index in [0.29, 0.717) is 0 Å². The molecule has 0 radical (unpaired) electrons. The molecule has 1 N–H and O–H groups in total. The maximum absolute atomic E-state index is 12.7. The molecule has 3 heterocycles. The lowest BCUT2D eigenvalue weighted by atomic mass is 9.77. The van der Waals surface area contributed by atoms with Gasteiger partial charge < -0.3 is 4.98 Å². The van der Waals surface area contributed by atoms with Gasteiger partial charge in [-0.1, -0.05) is 20.8 Å². The quantitative estimate of drug-likeness (QED) is 0.897. The van der Waals surface area contributed by atoms with Crippen molar-refractivity contribution in [2.24, 2.45) is 0 Å². The first kappa shape index (κ1) is 17.3. The summed E-state index contributed by atoms with van der Waals surface area (Å²) in [6, 6.07) is 0. The van der Waals surface area contributed by atoms with E-state index in [-0.39, 0.29) is 16.4 Å². The first-order chi connectivity index (χ1) is 12.4. The predicted octanol–water partition coefficient (Wildman–Crippen LogP) is 2.34. The van der Waals surface area contributed by atoms with Crippen LogP contribution in [0.3, 0.4) is 0 Å². The summed E-state index contributed by atoms with van der Waals surface area (Å²) in [6.45, 7) is 9.18. The van der Waals surface area contributed by atoms with Crippen molar-refractivity contribution in [1.29, 1.82) is 0 Å². The third kappa shape index (κ3) is 3.07. The molecule has 6 nitrogen and oxygen atoms in total. The molecule has 138 valence electrons. The van der Waals surface area contributed by atoms with E-state index in [4.69, 9.17) is 4.98 Å². The van der Waals surface area contributed by atoms with E-state index in [0.717, 1.165) is 68.0 Å². The first-order valence-corrected chi connectivity index (χ1v) is 9.48. The van der Waals surface area contributed by atoms with Crippen molar-refractivity contribution < 1.29 is 0 Å². The fourth-order valence-electron chi connectivity index (χ4n) is 4.44. The molecule has 1 aliphatic heterocycles. The molecule has 1 spiro atoms. The Morgan fingerprint density at radius 3 is 2.73 bits per heavy atom. The number of piperidine rings is 1. The van der Waals surface area contributed by atoms with Crippen LogP contribution in [0.25, 0.3) is 0 Å². The van der Waals surface area contributed by atoms with Crippen LogP contribution in [0, 0.1) is 0 Å². The van der Waals surface area contributed by atoms with Crippen LogP contribution in [0.2, 0.25) is 0 Å². The summed E-state index contributed by atoms with van der Waals surface area (Å²) in [7, 11) is 0. The van der Waals surface area contributed by atoms with Gasteiger partial charge in [-0.25, -0.2) is 15.0 Å². The number of fused-ring (bicyclic) bond motifs is 2. The number of aromatic nitrogens is 4. The Morgan fingerprint density at radius 1 is 1.23 bits per heavy atom. The summed E-state index contributed by atoms with van der Waals surface area (Å²) in [5.41, 5.74) is 3.01. The molecule has 0 saturated carbocycles. The van der Waals surface area contributed by atoms with Gasteiger partial charge in [-0.3, -0.25) is 9.69 Å². The zero-order chi connectivity index (χ0) is 18.4. The third-order valence-electron chi connectivity index (χ3n) is 5.76. The molecule has 0 bridgehead atoms. The molecular weight excluding hydrogens is 326 g/mol. The lowest BCUT2D eigenvalue weighted by molar-refractivity contribution is 0.136. The zero-order valence-electron chi connectivity index (χ0n) is 15.9. The highest BCUT2D eigenvalue weighted by Gasteiger charge is 2.45. The SMILES string of the molecule is CC(C)(C)c1nc2c(c(=O)[nH]1)CCC21CCCN(Cc2cncnc2)C1. The highest BCUT2D eigenvalue weighted by atomic mass is 16.1.